The minimum absolute atomic E-state index is 0.150. The Labute approximate surface area is 91.8 Å². The standard InChI is InChI=1S/C11H11N3O2/c15-14(16)9-1-2-11-8(5-9)3-4-13(11)10-6-12-7-10/h1-5,10,12H,6-7H2. The molecular weight excluding hydrogens is 206 g/mol. The van der Waals surface area contributed by atoms with Crippen molar-refractivity contribution in [2.75, 3.05) is 13.1 Å². The van der Waals surface area contributed by atoms with E-state index in [1.165, 1.54) is 0 Å². The number of non-ortho nitro benzene ring substituents is 1. The molecule has 0 bridgehead atoms. The summed E-state index contributed by atoms with van der Waals surface area (Å²) in [6.45, 7) is 1.95. The lowest BCUT2D eigenvalue weighted by atomic mass is 10.1. The first-order valence-electron chi connectivity index (χ1n) is 5.21. The maximum atomic E-state index is 10.6. The lowest BCUT2D eigenvalue weighted by molar-refractivity contribution is -0.384. The fourth-order valence-corrected chi connectivity index (χ4v) is 2.05. The molecule has 0 radical (unpaired) electrons. The molecule has 0 aliphatic carbocycles. The van der Waals surface area contributed by atoms with Gasteiger partial charge in [0, 0.05) is 42.3 Å². The van der Waals surface area contributed by atoms with E-state index in [2.05, 4.69) is 9.88 Å². The predicted molar refractivity (Wildman–Crippen MR) is 60.5 cm³/mol. The predicted octanol–water partition coefficient (Wildman–Crippen LogP) is 1.69. The smallest absolute Gasteiger partial charge is 0.270 e. The molecule has 82 valence electrons. The van der Waals surface area contributed by atoms with E-state index in [0.29, 0.717) is 6.04 Å². The zero-order valence-corrected chi connectivity index (χ0v) is 8.59. The summed E-state index contributed by atoms with van der Waals surface area (Å²) in [5.74, 6) is 0. The van der Waals surface area contributed by atoms with Crippen LogP contribution in [0.2, 0.25) is 0 Å². The molecule has 3 rings (SSSR count). The summed E-state index contributed by atoms with van der Waals surface area (Å²) in [4.78, 5) is 10.3. The quantitative estimate of drug-likeness (QED) is 0.615. The first-order chi connectivity index (χ1) is 7.75. The lowest BCUT2D eigenvalue weighted by Gasteiger charge is -2.29. The van der Waals surface area contributed by atoms with Crippen molar-refractivity contribution in [2.24, 2.45) is 0 Å². The topological polar surface area (TPSA) is 60.1 Å². The maximum Gasteiger partial charge on any atom is 0.270 e. The van der Waals surface area contributed by atoms with Gasteiger partial charge >= 0.3 is 0 Å². The zero-order valence-electron chi connectivity index (χ0n) is 8.59. The second-order valence-corrected chi connectivity index (χ2v) is 4.04. The highest BCUT2D eigenvalue weighted by Crippen LogP contribution is 2.25. The second kappa shape index (κ2) is 3.31. The van der Waals surface area contributed by atoms with Crippen molar-refractivity contribution in [3.63, 3.8) is 0 Å². The monoisotopic (exact) mass is 217 g/mol. The molecule has 1 saturated heterocycles. The van der Waals surface area contributed by atoms with Gasteiger partial charge in [-0.1, -0.05) is 0 Å². The normalized spacial score (nSPS) is 16.2. The van der Waals surface area contributed by atoms with Crippen LogP contribution >= 0.6 is 0 Å². The number of benzene rings is 1. The summed E-state index contributed by atoms with van der Waals surface area (Å²) in [6, 6.07) is 7.42. The van der Waals surface area contributed by atoms with Crippen LogP contribution in [-0.4, -0.2) is 22.6 Å². The minimum atomic E-state index is -0.359. The third-order valence-corrected chi connectivity index (χ3v) is 3.07. The van der Waals surface area contributed by atoms with Gasteiger partial charge in [-0.3, -0.25) is 10.1 Å². The molecule has 5 heteroatoms. The molecule has 1 N–H and O–H groups in total. The fraction of sp³-hybridized carbons (Fsp3) is 0.273. The number of fused-ring (bicyclic) bond motifs is 1. The van der Waals surface area contributed by atoms with E-state index >= 15 is 0 Å². The largest absolute Gasteiger partial charge is 0.342 e. The van der Waals surface area contributed by atoms with Crippen LogP contribution in [0.4, 0.5) is 5.69 Å². The number of nitro groups is 1. The van der Waals surface area contributed by atoms with E-state index in [-0.39, 0.29) is 10.6 Å². The molecule has 0 unspecified atom stereocenters. The molecule has 0 spiro atoms. The van der Waals surface area contributed by atoms with E-state index in [1.54, 1.807) is 12.1 Å². The highest BCUT2D eigenvalue weighted by Gasteiger charge is 2.20. The number of aromatic nitrogens is 1. The minimum Gasteiger partial charge on any atom is -0.342 e. The van der Waals surface area contributed by atoms with Crippen LogP contribution in [0.3, 0.4) is 0 Å². The Morgan fingerprint density at radius 3 is 2.81 bits per heavy atom. The number of hydrogen-bond acceptors (Lipinski definition) is 3. The second-order valence-electron chi connectivity index (χ2n) is 4.04. The van der Waals surface area contributed by atoms with E-state index in [1.807, 2.05) is 18.3 Å². The van der Waals surface area contributed by atoms with Crippen LogP contribution in [0, 0.1) is 10.1 Å². The highest BCUT2D eigenvalue weighted by atomic mass is 16.6. The molecule has 16 heavy (non-hydrogen) atoms. The Kier molecular flexibility index (Phi) is 1.94. The third kappa shape index (κ3) is 1.29. The van der Waals surface area contributed by atoms with Crippen molar-refractivity contribution in [3.8, 4) is 0 Å². The maximum absolute atomic E-state index is 10.6. The van der Waals surface area contributed by atoms with Crippen LogP contribution in [0.5, 0.6) is 0 Å². The molecule has 0 saturated carbocycles. The van der Waals surface area contributed by atoms with Crippen molar-refractivity contribution in [3.05, 3.63) is 40.6 Å². The summed E-state index contributed by atoms with van der Waals surface area (Å²) < 4.78 is 2.18. The van der Waals surface area contributed by atoms with Crippen LogP contribution in [0.25, 0.3) is 10.9 Å². The van der Waals surface area contributed by atoms with Gasteiger partial charge in [-0.25, -0.2) is 0 Å². The molecule has 0 atom stereocenters. The van der Waals surface area contributed by atoms with Crippen molar-refractivity contribution in [2.45, 2.75) is 6.04 Å². The molecule has 5 nitrogen and oxygen atoms in total. The molecular formula is C11H11N3O2. The van der Waals surface area contributed by atoms with Gasteiger partial charge in [0.1, 0.15) is 0 Å². The van der Waals surface area contributed by atoms with Gasteiger partial charge in [0.15, 0.2) is 0 Å². The Bertz CT molecular complexity index is 557. The molecule has 2 aromatic rings. The van der Waals surface area contributed by atoms with E-state index in [9.17, 15) is 10.1 Å². The molecule has 1 aromatic carbocycles. The Morgan fingerprint density at radius 2 is 2.19 bits per heavy atom. The van der Waals surface area contributed by atoms with E-state index in [4.69, 9.17) is 0 Å². The molecule has 1 aliphatic heterocycles. The Hall–Kier alpha value is -1.88. The SMILES string of the molecule is O=[N+]([O-])c1ccc2c(ccn2C2CNC2)c1. The van der Waals surface area contributed by atoms with E-state index < -0.39 is 0 Å². The third-order valence-electron chi connectivity index (χ3n) is 3.07. The summed E-state index contributed by atoms with van der Waals surface area (Å²) in [7, 11) is 0. The first kappa shape index (κ1) is 9.35. The number of rotatable bonds is 2. The van der Waals surface area contributed by atoms with E-state index in [0.717, 1.165) is 24.0 Å². The van der Waals surface area contributed by atoms with Gasteiger partial charge < -0.3 is 9.88 Å². The van der Waals surface area contributed by atoms with Gasteiger partial charge in [-0.05, 0) is 12.1 Å². The summed E-state index contributed by atoms with van der Waals surface area (Å²) >= 11 is 0. The van der Waals surface area contributed by atoms with Crippen LogP contribution in [-0.2, 0) is 0 Å². The number of nitrogens with zero attached hydrogens (tertiary/aromatic N) is 2. The van der Waals surface area contributed by atoms with Crippen molar-refractivity contribution in [1.29, 1.82) is 0 Å². The van der Waals surface area contributed by atoms with Crippen LogP contribution in [0.1, 0.15) is 6.04 Å². The average molecular weight is 217 g/mol. The first-order valence-corrected chi connectivity index (χ1v) is 5.21. The van der Waals surface area contributed by atoms with Gasteiger partial charge in [-0.15, -0.1) is 0 Å². The summed E-state index contributed by atoms with van der Waals surface area (Å²) in [5, 5.41) is 14.8. The van der Waals surface area contributed by atoms with Crippen molar-refractivity contribution < 1.29 is 4.92 Å². The molecule has 2 heterocycles. The lowest BCUT2D eigenvalue weighted by Crippen LogP contribution is -2.43. The molecule has 1 aliphatic rings. The zero-order chi connectivity index (χ0) is 11.1. The van der Waals surface area contributed by atoms with Crippen LogP contribution in [0.15, 0.2) is 30.5 Å². The average Bonchev–Trinajstić information content (AvgIpc) is 2.59. The molecule has 1 aromatic heterocycles. The highest BCUT2D eigenvalue weighted by molar-refractivity contribution is 5.82. The summed E-state index contributed by atoms with van der Waals surface area (Å²) in [5.41, 5.74) is 1.22. The molecule has 1 fully saturated rings. The fourth-order valence-electron chi connectivity index (χ4n) is 2.05. The van der Waals surface area contributed by atoms with Gasteiger partial charge in [0.2, 0.25) is 0 Å². The number of hydrogen-bond donors (Lipinski definition) is 1. The van der Waals surface area contributed by atoms with Gasteiger partial charge in [0.05, 0.1) is 11.0 Å². The van der Waals surface area contributed by atoms with Crippen LogP contribution < -0.4 is 5.32 Å². The summed E-state index contributed by atoms with van der Waals surface area (Å²) in [6.07, 6.45) is 2.00. The molecule has 0 amide bonds. The Morgan fingerprint density at radius 1 is 1.38 bits per heavy atom. The van der Waals surface area contributed by atoms with Gasteiger partial charge in [-0.2, -0.15) is 0 Å². The van der Waals surface area contributed by atoms with Crippen molar-refractivity contribution >= 4 is 16.6 Å². The number of nitro benzene ring substituents is 1. The van der Waals surface area contributed by atoms with Crippen molar-refractivity contribution in [1.82, 2.24) is 9.88 Å². The van der Waals surface area contributed by atoms with Gasteiger partial charge in [0.25, 0.3) is 5.69 Å². The Balaban J connectivity index is 2.10. The number of nitrogens with one attached hydrogen (secondary N) is 1.